The molecule has 1 heterocycles. The molecule has 1 aliphatic rings. The zero-order chi connectivity index (χ0) is 18.4. The molecule has 2 amide bonds. The highest BCUT2D eigenvalue weighted by molar-refractivity contribution is 5.79. The van der Waals surface area contributed by atoms with Crippen molar-refractivity contribution in [1.29, 1.82) is 0 Å². The zero-order valence-corrected chi connectivity index (χ0v) is 15.3. The van der Waals surface area contributed by atoms with Gasteiger partial charge in [0.25, 0.3) is 0 Å². The van der Waals surface area contributed by atoms with Gasteiger partial charge in [-0.15, -0.1) is 0 Å². The molecule has 3 atom stereocenters. The minimum Gasteiger partial charge on any atom is -0.497 e. The number of hydrogen-bond acceptors (Lipinski definition) is 4. The Balaban J connectivity index is 2.07. The van der Waals surface area contributed by atoms with E-state index in [9.17, 15) is 9.59 Å². The van der Waals surface area contributed by atoms with Crippen molar-refractivity contribution in [3.8, 4) is 5.75 Å². The number of likely N-dealkylation sites (tertiary alicyclic amines) is 1. The Morgan fingerprint density at radius 2 is 2.04 bits per heavy atom. The van der Waals surface area contributed by atoms with Gasteiger partial charge in [-0.3, -0.25) is 9.59 Å². The number of carbonyl (C=O) groups is 2. The van der Waals surface area contributed by atoms with Crippen LogP contribution in [0.4, 0.5) is 0 Å². The van der Waals surface area contributed by atoms with Crippen molar-refractivity contribution in [3.05, 3.63) is 29.8 Å². The van der Waals surface area contributed by atoms with Crippen LogP contribution in [0.15, 0.2) is 24.3 Å². The van der Waals surface area contributed by atoms with Crippen molar-refractivity contribution in [2.75, 3.05) is 20.2 Å². The molecular weight excluding hydrogens is 318 g/mol. The van der Waals surface area contributed by atoms with E-state index < -0.39 is 0 Å². The summed E-state index contributed by atoms with van der Waals surface area (Å²) in [4.78, 5) is 26.2. The van der Waals surface area contributed by atoms with E-state index in [1.807, 2.05) is 36.1 Å². The number of nitrogens with one attached hydrogen (secondary N) is 1. The molecular formula is C19H29N3O3. The summed E-state index contributed by atoms with van der Waals surface area (Å²) in [6, 6.07) is 7.18. The van der Waals surface area contributed by atoms with E-state index in [-0.39, 0.29) is 30.3 Å². The highest BCUT2D eigenvalue weighted by atomic mass is 16.5. The summed E-state index contributed by atoms with van der Waals surface area (Å²) in [6.07, 6.45) is 2.29. The largest absolute Gasteiger partial charge is 0.497 e. The summed E-state index contributed by atoms with van der Waals surface area (Å²) in [5.74, 6) is 0.992. The second kappa shape index (κ2) is 8.85. The second-order valence-corrected chi connectivity index (χ2v) is 6.83. The van der Waals surface area contributed by atoms with Crippen molar-refractivity contribution in [3.63, 3.8) is 0 Å². The second-order valence-electron chi connectivity index (χ2n) is 6.83. The first-order valence-electron chi connectivity index (χ1n) is 8.85. The van der Waals surface area contributed by atoms with E-state index in [2.05, 4.69) is 5.32 Å². The van der Waals surface area contributed by atoms with Crippen LogP contribution in [-0.2, 0) is 9.59 Å². The van der Waals surface area contributed by atoms with E-state index in [1.165, 1.54) is 6.92 Å². The Morgan fingerprint density at radius 1 is 1.36 bits per heavy atom. The third-order valence-corrected chi connectivity index (χ3v) is 4.83. The Hall–Kier alpha value is -2.08. The summed E-state index contributed by atoms with van der Waals surface area (Å²) in [5.41, 5.74) is 6.90. The number of rotatable bonds is 6. The number of nitrogens with two attached hydrogens (primary N) is 1. The van der Waals surface area contributed by atoms with Gasteiger partial charge in [0.1, 0.15) is 5.75 Å². The SMILES string of the molecule is COc1ccc([C@H](CC(=O)N2CCC[C@H]([C@@H](C)N)C2)NC(C)=O)cc1. The van der Waals surface area contributed by atoms with Crippen LogP contribution in [0.3, 0.4) is 0 Å². The lowest BCUT2D eigenvalue weighted by molar-refractivity contribution is -0.134. The number of nitrogens with zero attached hydrogens (tertiary/aromatic N) is 1. The lowest BCUT2D eigenvalue weighted by Gasteiger charge is -2.35. The average molecular weight is 347 g/mol. The van der Waals surface area contributed by atoms with E-state index in [1.54, 1.807) is 7.11 Å². The van der Waals surface area contributed by atoms with Gasteiger partial charge in [0.05, 0.1) is 19.6 Å². The molecule has 0 saturated carbocycles. The lowest BCUT2D eigenvalue weighted by Crippen LogP contribution is -2.46. The number of hydrogen-bond donors (Lipinski definition) is 2. The molecule has 1 aromatic carbocycles. The Morgan fingerprint density at radius 3 is 2.60 bits per heavy atom. The van der Waals surface area contributed by atoms with Crippen LogP contribution in [0.25, 0.3) is 0 Å². The van der Waals surface area contributed by atoms with Crippen LogP contribution in [0.2, 0.25) is 0 Å². The first-order chi connectivity index (χ1) is 11.9. The van der Waals surface area contributed by atoms with Crippen LogP contribution in [0.5, 0.6) is 5.75 Å². The van der Waals surface area contributed by atoms with Crippen molar-refractivity contribution < 1.29 is 14.3 Å². The quantitative estimate of drug-likeness (QED) is 0.822. The highest BCUT2D eigenvalue weighted by Gasteiger charge is 2.27. The maximum atomic E-state index is 12.8. The average Bonchev–Trinajstić information content (AvgIpc) is 2.61. The molecule has 1 aliphatic heterocycles. The first-order valence-corrected chi connectivity index (χ1v) is 8.85. The molecule has 1 aromatic rings. The number of ether oxygens (including phenoxy) is 1. The number of carbonyl (C=O) groups excluding carboxylic acids is 2. The molecule has 6 nitrogen and oxygen atoms in total. The molecule has 138 valence electrons. The Kier molecular flexibility index (Phi) is 6.82. The van der Waals surface area contributed by atoms with Crippen molar-refractivity contribution >= 4 is 11.8 Å². The van der Waals surface area contributed by atoms with Crippen molar-refractivity contribution in [2.45, 2.75) is 45.2 Å². The molecule has 0 radical (unpaired) electrons. The molecule has 0 aromatic heterocycles. The topological polar surface area (TPSA) is 84.7 Å². The van der Waals surface area contributed by atoms with Gasteiger partial charge in [0.15, 0.2) is 0 Å². The summed E-state index contributed by atoms with van der Waals surface area (Å²) in [7, 11) is 1.61. The third kappa shape index (κ3) is 5.46. The molecule has 3 N–H and O–H groups in total. The van der Waals surface area contributed by atoms with E-state index >= 15 is 0 Å². The molecule has 6 heteroatoms. The molecule has 0 spiro atoms. The Labute approximate surface area is 149 Å². The van der Waals surface area contributed by atoms with Gasteiger partial charge in [-0.2, -0.15) is 0 Å². The fourth-order valence-electron chi connectivity index (χ4n) is 3.30. The smallest absolute Gasteiger partial charge is 0.224 e. The first kappa shape index (κ1) is 19.2. The van der Waals surface area contributed by atoms with Gasteiger partial charge in [0.2, 0.25) is 11.8 Å². The molecule has 2 rings (SSSR count). The van der Waals surface area contributed by atoms with Crippen LogP contribution in [0, 0.1) is 5.92 Å². The van der Waals surface area contributed by atoms with E-state index in [0.29, 0.717) is 12.5 Å². The van der Waals surface area contributed by atoms with E-state index in [4.69, 9.17) is 10.5 Å². The van der Waals surface area contributed by atoms with Crippen LogP contribution in [0.1, 0.15) is 44.7 Å². The zero-order valence-electron chi connectivity index (χ0n) is 15.3. The molecule has 1 fully saturated rings. The predicted octanol–water partition coefficient (Wildman–Crippen LogP) is 1.85. The highest BCUT2D eigenvalue weighted by Crippen LogP contribution is 2.24. The monoisotopic (exact) mass is 347 g/mol. The van der Waals surface area contributed by atoms with Crippen molar-refractivity contribution in [1.82, 2.24) is 10.2 Å². The van der Waals surface area contributed by atoms with Crippen LogP contribution < -0.4 is 15.8 Å². The van der Waals surface area contributed by atoms with Gasteiger partial charge in [-0.05, 0) is 43.4 Å². The van der Waals surface area contributed by atoms with Gasteiger partial charge in [0, 0.05) is 26.1 Å². The van der Waals surface area contributed by atoms with Gasteiger partial charge in [-0.25, -0.2) is 0 Å². The maximum absolute atomic E-state index is 12.8. The van der Waals surface area contributed by atoms with Crippen LogP contribution in [-0.4, -0.2) is 43.0 Å². The Bertz CT molecular complexity index is 586. The normalized spacial score (nSPS) is 19.8. The van der Waals surface area contributed by atoms with E-state index in [0.717, 1.165) is 30.7 Å². The lowest BCUT2D eigenvalue weighted by atomic mass is 9.91. The van der Waals surface area contributed by atoms with Crippen molar-refractivity contribution in [2.24, 2.45) is 11.7 Å². The molecule has 0 unspecified atom stereocenters. The summed E-state index contributed by atoms with van der Waals surface area (Å²) in [5, 5.41) is 2.89. The van der Waals surface area contributed by atoms with Crippen LogP contribution >= 0.6 is 0 Å². The van der Waals surface area contributed by atoms with Gasteiger partial charge < -0.3 is 20.7 Å². The summed E-state index contributed by atoms with van der Waals surface area (Å²) >= 11 is 0. The maximum Gasteiger partial charge on any atom is 0.224 e. The molecule has 0 aliphatic carbocycles. The van der Waals surface area contributed by atoms with Gasteiger partial charge in [-0.1, -0.05) is 12.1 Å². The number of piperidine rings is 1. The summed E-state index contributed by atoms with van der Waals surface area (Å²) < 4.78 is 5.17. The summed E-state index contributed by atoms with van der Waals surface area (Å²) in [6.45, 7) is 4.92. The fraction of sp³-hybridized carbons (Fsp3) is 0.579. The standard InChI is InChI=1S/C19H29N3O3/c1-13(20)16-5-4-10-22(12-16)19(24)11-18(21-14(2)23)15-6-8-17(25-3)9-7-15/h6-9,13,16,18H,4-5,10-12,20H2,1-3H3,(H,21,23)/t13-,16+,18+/m1/s1. The molecule has 1 saturated heterocycles. The molecule has 0 bridgehead atoms. The third-order valence-electron chi connectivity index (χ3n) is 4.83. The molecule has 25 heavy (non-hydrogen) atoms. The fourth-order valence-corrected chi connectivity index (χ4v) is 3.30. The predicted molar refractivity (Wildman–Crippen MR) is 97.1 cm³/mol. The minimum absolute atomic E-state index is 0.0555. The number of amides is 2. The number of benzene rings is 1. The minimum atomic E-state index is -0.341. The number of methoxy groups -OCH3 is 1. The van der Waals surface area contributed by atoms with Gasteiger partial charge >= 0.3 is 0 Å².